The van der Waals surface area contributed by atoms with Gasteiger partial charge in [-0.2, -0.15) is 0 Å². The van der Waals surface area contributed by atoms with Gasteiger partial charge in [0, 0.05) is 18.5 Å². The van der Waals surface area contributed by atoms with E-state index in [1.54, 1.807) is 6.07 Å². The molecule has 7 heteroatoms. The summed E-state index contributed by atoms with van der Waals surface area (Å²) < 4.78 is 27.3. The van der Waals surface area contributed by atoms with Crippen molar-refractivity contribution in [1.82, 2.24) is 10.0 Å². The van der Waals surface area contributed by atoms with Gasteiger partial charge in [0.15, 0.2) is 5.78 Å². The van der Waals surface area contributed by atoms with Gasteiger partial charge in [-0.25, -0.2) is 13.1 Å². The van der Waals surface area contributed by atoms with Crippen LogP contribution in [0.5, 0.6) is 0 Å². The van der Waals surface area contributed by atoms with Gasteiger partial charge in [0.25, 0.3) is 0 Å². The molecule has 2 N–H and O–H groups in total. The first-order chi connectivity index (χ1) is 14.1. The number of amides is 1. The Kier molecular flexibility index (Phi) is 8.32. The minimum atomic E-state index is -3.80. The van der Waals surface area contributed by atoms with Crippen molar-refractivity contribution in [1.29, 1.82) is 0 Å². The number of nitrogens with one attached hydrogen (secondary N) is 2. The minimum Gasteiger partial charge on any atom is -0.349 e. The first-order valence-electron chi connectivity index (χ1n) is 10.1. The van der Waals surface area contributed by atoms with E-state index in [1.165, 1.54) is 30.7 Å². The van der Waals surface area contributed by atoms with Crippen molar-refractivity contribution >= 4 is 21.7 Å². The molecule has 2 aromatic carbocycles. The molecule has 2 aromatic rings. The molecule has 1 amide bonds. The molecule has 0 spiro atoms. The number of carbonyl (C=O) groups is 2. The topological polar surface area (TPSA) is 92.3 Å². The maximum absolute atomic E-state index is 12.4. The zero-order chi connectivity index (χ0) is 22.3. The van der Waals surface area contributed by atoms with Gasteiger partial charge in [-0.1, -0.05) is 57.2 Å². The van der Waals surface area contributed by atoms with Crippen LogP contribution in [0.1, 0.15) is 61.6 Å². The van der Waals surface area contributed by atoms with E-state index in [0.717, 1.165) is 12.0 Å². The molecule has 0 saturated carbocycles. The highest BCUT2D eigenvalue weighted by atomic mass is 32.2. The number of benzene rings is 2. The van der Waals surface area contributed by atoms with Gasteiger partial charge in [-0.05, 0) is 42.5 Å². The van der Waals surface area contributed by atoms with Crippen LogP contribution in [0.25, 0.3) is 0 Å². The average molecular weight is 431 g/mol. The van der Waals surface area contributed by atoms with E-state index < -0.39 is 10.0 Å². The van der Waals surface area contributed by atoms with Crippen molar-refractivity contribution < 1.29 is 18.0 Å². The van der Waals surface area contributed by atoms with E-state index in [1.807, 2.05) is 26.0 Å². The first-order valence-corrected chi connectivity index (χ1v) is 11.6. The average Bonchev–Trinajstić information content (AvgIpc) is 2.72. The lowest BCUT2D eigenvalue weighted by Gasteiger charge is -2.23. The second kappa shape index (κ2) is 10.5. The molecule has 0 aliphatic rings. The summed E-state index contributed by atoms with van der Waals surface area (Å²) in [5, 5.41) is 3.00. The summed E-state index contributed by atoms with van der Waals surface area (Å²) in [6.45, 7) is 7.50. The predicted molar refractivity (Wildman–Crippen MR) is 118 cm³/mol. The lowest BCUT2D eigenvalue weighted by atomic mass is 9.94. The molecule has 0 aliphatic carbocycles. The van der Waals surface area contributed by atoms with Crippen LogP contribution in [0.2, 0.25) is 0 Å². The van der Waals surface area contributed by atoms with Crippen LogP contribution in [0.15, 0.2) is 53.4 Å². The Bertz CT molecular complexity index is 983. The summed E-state index contributed by atoms with van der Waals surface area (Å²) in [7, 11) is -3.80. The molecule has 2 rings (SSSR count). The lowest BCUT2D eigenvalue weighted by Crippen LogP contribution is -2.34. The number of carbonyl (C=O) groups excluding carboxylic acids is 2. The summed E-state index contributed by atoms with van der Waals surface area (Å²) in [6.07, 6.45) is 0.969. The quantitative estimate of drug-likeness (QED) is 0.563. The van der Waals surface area contributed by atoms with Crippen molar-refractivity contribution in [2.45, 2.75) is 51.5 Å². The molecule has 6 nitrogen and oxygen atoms in total. The van der Waals surface area contributed by atoms with Crippen LogP contribution < -0.4 is 10.0 Å². The van der Waals surface area contributed by atoms with Gasteiger partial charge in [-0.15, -0.1) is 0 Å². The van der Waals surface area contributed by atoms with Gasteiger partial charge in [0.05, 0.1) is 10.9 Å². The molecule has 0 fully saturated rings. The fraction of sp³-hybridized carbons (Fsp3) is 0.391. The van der Waals surface area contributed by atoms with Crippen LogP contribution in [0, 0.1) is 5.92 Å². The third-order valence-corrected chi connectivity index (χ3v) is 6.38. The van der Waals surface area contributed by atoms with Gasteiger partial charge in [-0.3, -0.25) is 9.59 Å². The van der Waals surface area contributed by atoms with Crippen LogP contribution in [0.4, 0.5) is 0 Å². The van der Waals surface area contributed by atoms with E-state index in [9.17, 15) is 18.0 Å². The number of sulfonamides is 1. The summed E-state index contributed by atoms with van der Waals surface area (Å²) in [5.74, 6) is -0.251. The monoisotopic (exact) mass is 430 g/mol. The maximum atomic E-state index is 12.4. The molecule has 0 aliphatic heterocycles. The van der Waals surface area contributed by atoms with Gasteiger partial charge >= 0.3 is 0 Å². The van der Waals surface area contributed by atoms with Crippen molar-refractivity contribution in [3.63, 3.8) is 0 Å². The Balaban J connectivity index is 1.96. The molecule has 0 heterocycles. The molecular formula is C23H30N2O4S. The fourth-order valence-electron chi connectivity index (χ4n) is 3.11. The molecule has 0 saturated heterocycles. The van der Waals surface area contributed by atoms with E-state index in [4.69, 9.17) is 0 Å². The Labute approximate surface area is 179 Å². The number of rotatable bonds is 10. The van der Waals surface area contributed by atoms with Crippen LogP contribution >= 0.6 is 0 Å². The van der Waals surface area contributed by atoms with E-state index in [-0.39, 0.29) is 41.5 Å². The summed E-state index contributed by atoms with van der Waals surface area (Å²) in [4.78, 5) is 23.9. The molecule has 1 atom stereocenters. The van der Waals surface area contributed by atoms with E-state index >= 15 is 0 Å². The van der Waals surface area contributed by atoms with Crippen molar-refractivity contribution in [3.8, 4) is 0 Å². The van der Waals surface area contributed by atoms with Gasteiger partial charge in [0.1, 0.15) is 0 Å². The molecular weight excluding hydrogens is 400 g/mol. The Morgan fingerprint density at radius 2 is 1.70 bits per heavy atom. The summed E-state index contributed by atoms with van der Waals surface area (Å²) in [6, 6.07) is 13.8. The summed E-state index contributed by atoms with van der Waals surface area (Å²) >= 11 is 0. The third kappa shape index (κ3) is 6.50. The highest BCUT2D eigenvalue weighted by molar-refractivity contribution is 7.89. The molecule has 0 aromatic heterocycles. The van der Waals surface area contributed by atoms with E-state index in [0.29, 0.717) is 5.56 Å². The van der Waals surface area contributed by atoms with Crippen molar-refractivity contribution in [2.75, 3.05) is 6.54 Å². The smallest absolute Gasteiger partial charge is 0.240 e. The highest BCUT2D eigenvalue weighted by Crippen LogP contribution is 2.22. The Morgan fingerprint density at radius 1 is 1.03 bits per heavy atom. The molecule has 0 radical (unpaired) electrons. The molecule has 162 valence electrons. The second-order valence-electron chi connectivity index (χ2n) is 7.62. The zero-order valence-electron chi connectivity index (χ0n) is 17.9. The Morgan fingerprint density at radius 3 is 2.27 bits per heavy atom. The number of hydrogen-bond acceptors (Lipinski definition) is 4. The first kappa shape index (κ1) is 23.8. The minimum absolute atomic E-state index is 0.00618. The fourth-order valence-corrected chi connectivity index (χ4v) is 4.18. The van der Waals surface area contributed by atoms with Crippen molar-refractivity contribution in [2.24, 2.45) is 5.92 Å². The van der Waals surface area contributed by atoms with Gasteiger partial charge in [0.2, 0.25) is 15.9 Å². The number of Topliss-reactive ketones (excluding diaryl/α,β-unsaturated/α-hetero) is 1. The van der Waals surface area contributed by atoms with E-state index in [2.05, 4.69) is 29.1 Å². The zero-order valence-corrected chi connectivity index (χ0v) is 18.8. The molecule has 1 unspecified atom stereocenters. The predicted octanol–water partition coefficient (Wildman–Crippen LogP) is 3.63. The van der Waals surface area contributed by atoms with Gasteiger partial charge < -0.3 is 5.32 Å². The number of aryl methyl sites for hydroxylation is 1. The normalized spacial score (nSPS) is 12.6. The second-order valence-corrected chi connectivity index (χ2v) is 9.38. The number of hydrogen-bond donors (Lipinski definition) is 2. The highest BCUT2D eigenvalue weighted by Gasteiger charge is 2.19. The van der Waals surface area contributed by atoms with Crippen LogP contribution in [0.3, 0.4) is 0 Å². The maximum Gasteiger partial charge on any atom is 0.240 e. The molecule has 0 bridgehead atoms. The van der Waals surface area contributed by atoms with Crippen molar-refractivity contribution in [3.05, 3.63) is 65.2 Å². The standard InChI is InChI=1S/C23H30N2O4S/c1-5-18-9-11-19(12-10-18)23(16(2)3)25-22(27)13-14-24-30(28,29)21-8-6-7-20(15-21)17(4)26/h6-12,15-16,23-24H,5,13-14H2,1-4H3,(H,25,27). The SMILES string of the molecule is CCc1ccc(C(NC(=O)CCNS(=O)(=O)c2cccc(C(C)=O)c2)C(C)C)cc1. The number of ketones is 1. The third-order valence-electron chi connectivity index (χ3n) is 4.93. The van der Waals surface area contributed by atoms with Crippen LogP contribution in [-0.2, 0) is 21.2 Å². The van der Waals surface area contributed by atoms with Crippen LogP contribution in [-0.4, -0.2) is 26.7 Å². The Hall–Kier alpha value is -2.51. The summed E-state index contributed by atoms with van der Waals surface area (Å²) in [5.41, 5.74) is 2.58. The lowest BCUT2D eigenvalue weighted by molar-refractivity contribution is -0.122. The largest absolute Gasteiger partial charge is 0.349 e. The molecule has 30 heavy (non-hydrogen) atoms.